The van der Waals surface area contributed by atoms with Crippen LogP contribution in [0.1, 0.15) is 17.0 Å². The summed E-state index contributed by atoms with van der Waals surface area (Å²) in [6.45, 7) is 0. The fourth-order valence-electron chi connectivity index (χ4n) is 9.10. The van der Waals surface area contributed by atoms with Gasteiger partial charge in [-0.3, -0.25) is 0 Å². The molecular weight excluding hydrogens is 711 g/mol. The Morgan fingerprint density at radius 3 is 1.48 bits per heavy atom. The molecule has 8 aromatic carbocycles. The summed E-state index contributed by atoms with van der Waals surface area (Å²) in [5, 5.41) is 4.51. The molecule has 0 radical (unpaired) electrons. The molecule has 4 heteroatoms. The molecular formula is C54H35NO3. The van der Waals surface area contributed by atoms with Crippen LogP contribution in [-0.4, -0.2) is 6.10 Å². The molecule has 0 fully saturated rings. The van der Waals surface area contributed by atoms with E-state index in [9.17, 15) is 0 Å². The molecule has 274 valence electrons. The highest BCUT2D eigenvalue weighted by Gasteiger charge is 2.36. The number of nitrogens with zero attached hydrogens (tertiary/aromatic N) is 1. The molecule has 4 nitrogen and oxygen atoms in total. The number of para-hydroxylation sites is 5. The van der Waals surface area contributed by atoms with Gasteiger partial charge in [0, 0.05) is 66.8 Å². The van der Waals surface area contributed by atoms with Gasteiger partial charge in [0.05, 0.1) is 0 Å². The topological polar surface area (TPSA) is 38.8 Å². The van der Waals surface area contributed by atoms with Crippen LogP contribution >= 0.6 is 0 Å². The first-order valence-electron chi connectivity index (χ1n) is 19.8. The summed E-state index contributed by atoms with van der Waals surface area (Å²) < 4.78 is 19.4. The lowest BCUT2D eigenvalue weighted by atomic mass is 9.84. The Labute approximate surface area is 335 Å². The second-order valence-electron chi connectivity index (χ2n) is 15.1. The number of benzene rings is 8. The van der Waals surface area contributed by atoms with Gasteiger partial charge < -0.3 is 18.5 Å². The van der Waals surface area contributed by atoms with E-state index in [4.69, 9.17) is 13.6 Å². The van der Waals surface area contributed by atoms with Crippen LogP contribution in [0.4, 0.5) is 17.1 Å². The lowest BCUT2D eigenvalue weighted by molar-refractivity contribution is 0.258. The van der Waals surface area contributed by atoms with Gasteiger partial charge in [-0.2, -0.15) is 0 Å². The molecule has 2 atom stereocenters. The Hall–Kier alpha value is -7.56. The van der Waals surface area contributed by atoms with Crippen LogP contribution in [0.5, 0.6) is 5.75 Å². The fourth-order valence-corrected chi connectivity index (χ4v) is 9.10. The molecule has 0 bridgehead atoms. The second kappa shape index (κ2) is 13.0. The van der Waals surface area contributed by atoms with E-state index >= 15 is 0 Å². The molecule has 1 aliphatic carbocycles. The third-order valence-corrected chi connectivity index (χ3v) is 11.9. The van der Waals surface area contributed by atoms with E-state index in [0.29, 0.717) is 0 Å². The van der Waals surface area contributed by atoms with E-state index in [-0.39, 0.29) is 12.0 Å². The van der Waals surface area contributed by atoms with Gasteiger partial charge in [-0.05, 0) is 71.3 Å². The molecule has 10 aromatic rings. The zero-order valence-electron chi connectivity index (χ0n) is 31.4. The summed E-state index contributed by atoms with van der Waals surface area (Å²) in [4.78, 5) is 2.32. The Morgan fingerprint density at radius 2 is 0.897 bits per heavy atom. The van der Waals surface area contributed by atoms with Crippen molar-refractivity contribution in [2.24, 2.45) is 0 Å². The van der Waals surface area contributed by atoms with Gasteiger partial charge in [-0.1, -0.05) is 146 Å². The highest BCUT2D eigenvalue weighted by molar-refractivity contribution is 6.10. The number of rotatable bonds is 6. The highest BCUT2D eigenvalue weighted by atomic mass is 16.5. The number of hydrogen-bond acceptors (Lipinski definition) is 4. The predicted octanol–water partition coefficient (Wildman–Crippen LogP) is 14.8. The van der Waals surface area contributed by atoms with Gasteiger partial charge in [0.15, 0.2) is 0 Å². The number of fused-ring (bicyclic) bond motifs is 9. The fraction of sp³-hybridized carbons (Fsp3) is 0.0370. The van der Waals surface area contributed by atoms with Crippen molar-refractivity contribution in [3.05, 3.63) is 211 Å². The van der Waals surface area contributed by atoms with Crippen LogP contribution in [0.2, 0.25) is 0 Å². The average Bonchev–Trinajstić information content (AvgIpc) is 3.99. The van der Waals surface area contributed by atoms with Crippen molar-refractivity contribution in [2.75, 3.05) is 4.90 Å². The SMILES string of the molecule is C1=CC(c2ccc(N(c3ccc(-c4cccc5c4oc4ccccc45)cc3)c3ccc(-c4cccc5c4oc4ccccc45)cc3)cc2)C2Oc3ccccc3C2=C1. The molecule has 2 unspecified atom stereocenters. The third kappa shape index (κ3) is 5.15. The Balaban J connectivity index is 0.927. The van der Waals surface area contributed by atoms with Gasteiger partial charge >= 0.3 is 0 Å². The molecule has 1 aliphatic heterocycles. The normalized spacial score (nSPS) is 15.8. The molecule has 0 amide bonds. The number of hydrogen-bond donors (Lipinski definition) is 0. The standard InChI is InChI=1S/C54H35NO3/c1-4-19-49-43(10-1)46-16-7-13-40(52(46)56-49)34-22-28-37(29-23-34)55(38-30-24-35(25-31-38)41-14-8-17-47-44-11-2-5-20-50(44)57-53(41)47)39-32-26-36(27-33-39)42-15-9-18-48-45-12-3-6-21-51(45)58-54(42)48/h1-33,40,52H. The molecule has 0 N–H and O–H groups in total. The number of ether oxygens (including phenoxy) is 1. The maximum Gasteiger partial charge on any atom is 0.143 e. The first-order valence-corrected chi connectivity index (χ1v) is 19.8. The van der Waals surface area contributed by atoms with Crippen LogP contribution in [0.15, 0.2) is 209 Å². The molecule has 58 heavy (non-hydrogen) atoms. The molecule has 2 aliphatic rings. The Morgan fingerprint density at radius 1 is 0.414 bits per heavy atom. The van der Waals surface area contributed by atoms with Gasteiger partial charge in [-0.25, -0.2) is 0 Å². The molecule has 12 rings (SSSR count). The van der Waals surface area contributed by atoms with Crippen molar-refractivity contribution in [3.8, 4) is 28.0 Å². The number of anilines is 3. The maximum absolute atomic E-state index is 6.53. The van der Waals surface area contributed by atoms with Gasteiger partial charge in [0.25, 0.3) is 0 Å². The zero-order valence-corrected chi connectivity index (χ0v) is 31.4. The van der Waals surface area contributed by atoms with E-state index in [1.165, 1.54) is 16.7 Å². The van der Waals surface area contributed by atoms with E-state index < -0.39 is 0 Å². The minimum atomic E-state index is -0.0446. The predicted molar refractivity (Wildman–Crippen MR) is 237 cm³/mol. The molecule has 0 saturated heterocycles. The number of allylic oxidation sites excluding steroid dienone is 2. The van der Waals surface area contributed by atoms with Crippen molar-refractivity contribution in [3.63, 3.8) is 0 Å². The summed E-state index contributed by atoms with van der Waals surface area (Å²) in [7, 11) is 0. The van der Waals surface area contributed by atoms with Crippen LogP contribution in [0.3, 0.4) is 0 Å². The van der Waals surface area contributed by atoms with Gasteiger partial charge in [0.1, 0.15) is 34.2 Å². The van der Waals surface area contributed by atoms with Crippen LogP contribution < -0.4 is 9.64 Å². The lowest BCUT2D eigenvalue weighted by Crippen LogP contribution is -2.23. The summed E-state index contributed by atoms with van der Waals surface area (Å²) in [5.41, 5.74) is 14.8. The van der Waals surface area contributed by atoms with Crippen molar-refractivity contribution in [1.82, 2.24) is 0 Å². The van der Waals surface area contributed by atoms with Crippen molar-refractivity contribution < 1.29 is 13.6 Å². The molecule has 3 heterocycles. The minimum absolute atomic E-state index is 0.0446. The summed E-state index contributed by atoms with van der Waals surface area (Å²) in [6.07, 6.45) is 6.58. The highest BCUT2D eigenvalue weighted by Crippen LogP contribution is 2.46. The molecule has 2 aromatic heterocycles. The largest absolute Gasteiger partial charge is 0.484 e. The van der Waals surface area contributed by atoms with E-state index in [2.05, 4.69) is 175 Å². The second-order valence-corrected chi connectivity index (χ2v) is 15.1. The van der Waals surface area contributed by atoms with Gasteiger partial charge in [0.2, 0.25) is 0 Å². The zero-order chi connectivity index (χ0) is 38.2. The number of furan rings is 2. The van der Waals surface area contributed by atoms with E-state index in [1.54, 1.807) is 0 Å². The first kappa shape index (κ1) is 32.7. The van der Waals surface area contributed by atoms with Crippen molar-refractivity contribution >= 4 is 66.5 Å². The Bertz CT molecular complexity index is 3100. The minimum Gasteiger partial charge on any atom is -0.484 e. The van der Waals surface area contributed by atoms with E-state index in [0.717, 1.165) is 88.9 Å². The van der Waals surface area contributed by atoms with Crippen LogP contribution in [0, 0.1) is 0 Å². The first-order chi connectivity index (χ1) is 28.7. The van der Waals surface area contributed by atoms with E-state index in [1.807, 2.05) is 30.3 Å². The maximum atomic E-state index is 6.53. The molecule has 0 spiro atoms. The summed E-state index contributed by atoms with van der Waals surface area (Å²) in [5.74, 6) is 1.06. The third-order valence-electron chi connectivity index (χ3n) is 11.9. The smallest absolute Gasteiger partial charge is 0.143 e. The van der Waals surface area contributed by atoms with Crippen LogP contribution in [0.25, 0.3) is 71.7 Å². The van der Waals surface area contributed by atoms with Gasteiger partial charge in [-0.15, -0.1) is 0 Å². The summed E-state index contributed by atoms with van der Waals surface area (Å²) in [6, 6.07) is 64.2. The van der Waals surface area contributed by atoms with Crippen LogP contribution in [-0.2, 0) is 0 Å². The average molecular weight is 746 g/mol. The quantitative estimate of drug-likeness (QED) is 0.170. The van der Waals surface area contributed by atoms with Crippen molar-refractivity contribution in [1.29, 1.82) is 0 Å². The Kier molecular flexibility index (Phi) is 7.32. The lowest BCUT2D eigenvalue weighted by Gasteiger charge is -2.28. The van der Waals surface area contributed by atoms with Crippen molar-refractivity contribution in [2.45, 2.75) is 12.0 Å². The molecule has 0 saturated carbocycles. The monoisotopic (exact) mass is 745 g/mol. The summed E-state index contributed by atoms with van der Waals surface area (Å²) >= 11 is 0.